The van der Waals surface area contributed by atoms with Crippen LogP contribution in [0, 0.1) is 5.92 Å². The second kappa shape index (κ2) is 6.03. The molecule has 0 saturated heterocycles. The van der Waals surface area contributed by atoms with Crippen molar-refractivity contribution in [3.8, 4) is 0 Å². The molecule has 1 amide bonds. The van der Waals surface area contributed by atoms with Crippen LogP contribution in [-0.4, -0.2) is 5.91 Å². The molecule has 1 N–H and O–H groups in total. The Morgan fingerprint density at radius 1 is 1.22 bits per heavy atom. The Morgan fingerprint density at radius 2 is 1.94 bits per heavy atom. The van der Waals surface area contributed by atoms with E-state index in [1.54, 1.807) is 0 Å². The number of nitrogens with one attached hydrogen (secondary N) is 1. The van der Waals surface area contributed by atoms with Crippen LogP contribution in [0.4, 0.5) is 5.69 Å². The summed E-state index contributed by atoms with van der Waals surface area (Å²) in [6, 6.07) is 8.20. The summed E-state index contributed by atoms with van der Waals surface area (Å²) in [5.41, 5.74) is 2.22. The van der Waals surface area contributed by atoms with Crippen molar-refractivity contribution in [2.45, 2.75) is 51.9 Å². The van der Waals surface area contributed by atoms with Gasteiger partial charge in [0.15, 0.2) is 0 Å². The summed E-state index contributed by atoms with van der Waals surface area (Å²) >= 11 is 0. The number of benzene rings is 1. The molecule has 1 saturated carbocycles. The number of amides is 1. The first-order valence-electron chi connectivity index (χ1n) is 7.07. The third kappa shape index (κ3) is 3.34. The standard InChI is InChI=1S/C16H23NO/c1-12(2)14-9-6-10-15(11-14)17-16(18)13-7-4-3-5-8-13/h6,9-13H,3-5,7-8H2,1-2H3,(H,17,18). The third-order valence-corrected chi connectivity index (χ3v) is 3.80. The number of anilines is 1. The Hall–Kier alpha value is -1.31. The van der Waals surface area contributed by atoms with Crippen LogP contribution in [0.25, 0.3) is 0 Å². The zero-order chi connectivity index (χ0) is 13.0. The lowest BCUT2D eigenvalue weighted by Gasteiger charge is -2.21. The van der Waals surface area contributed by atoms with E-state index in [1.807, 2.05) is 12.1 Å². The van der Waals surface area contributed by atoms with Crippen LogP contribution in [-0.2, 0) is 4.79 Å². The van der Waals surface area contributed by atoms with Gasteiger partial charge in [-0.1, -0.05) is 45.2 Å². The van der Waals surface area contributed by atoms with Crippen LogP contribution in [0.1, 0.15) is 57.4 Å². The molecular weight excluding hydrogens is 222 g/mol. The van der Waals surface area contributed by atoms with Crippen molar-refractivity contribution in [3.63, 3.8) is 0 Å². The number of hydrogen-bond acceptors (Lipinski definition) is 1. The highest BCUT2D eigenvalue weighted by molar-refractivity contribution is 5.92. The van der Waals surface area contributed by atoms with Crippen molar-refractivity contribution in [2.24, 2.45) is 5.92 Å². The fourth-order valence-electron chi connectivity index (χ4n) is 2.58. The van der Waals surface area contributed by atoms with Gasteiger partial charge in [-0.3, -0.25) is 4.79 Å². The Labute approximate surface area is 110 Å². The second-order valence-corrected chi connectivity index (χ2v) is 5.60. The van der Waals surface area contributed by atoms with E-state index in [9.17, 15) is 4.79 Å². The molecule has 2 rings (SSSR count). The molecule has 1 fully saturated rings. The smallest absolute Gasteiger partial charge is 0.227 e. The van der Waals surface area contributed by atoms with Gasteiger partial charge >= 0.3 is 0 Å². The van der Waals surface area contributed by atoms with Gasteiger partial charge in [-0.2, -0.15) is 0 Å². The molecule has 2 nitrogen and oxygen atoms in total. The van der Waals surface area contributed by atoms with Crippen LogP contribution in [0.15, 0.2) is 24.3 Å². The first kappa shape index (κ1) is 13.1. The van der Waals surface area contributed by atoms with Gasteiger partial charge in [0.05, 0.1) is 0 Å². The molecule has 0 aliphatic heterocycles. The molecule has 0 atom stereocenters. The lowest BCUT2D eigenvalue weighted by molar-refractivity contribution is -0.120. The van der Waals surface area contributed by atoms with Gasteiger partial charge in [-0.15, -0.1) is 0 Å². The number of rotatable bonds is 3. The molecule has 0 radical (unpaired) electrons. The van der Waals surface area contributed by atoms with Crippen molar-refractivity contribution in [2.75, 3.05) is 5.32 Å². The normalized spacial score (nSPS) is 16.8. The van der Waals surface area contributed by atoms with Gasteiger partial charge in [0.25, 0.3) is 0 Å². The molecule has 18 heavy (non-hydrogen) atoms. The predicted octanol–water partition coefficient (Wildman–Crippen LogP) is 4.33. The van der Waals surface area contributed by atoms with E-state index in [-0.39, 0.29) is 11.8 Å². The van der Waals surface area contributed by atoms with Crippen LogP contribution in [0.3, 0.4) is 0 Å². The van der Waals surface area contributed by atoms with Crippen LogP contribution in [0.2, 0.25) is 0 Å². The summed E-state index contributed by atoms with van der Waals surface area (Å²) in [5, 5.41) is 3.07. The molecule has 0 unspecified atom stereocenters. The quantitative estimate of drug-likeness (QED) is 0.843. The second-order valence-electron chi connectivity index (χ2n) is 5.60. The maximum Gasteiger partial charge on any atom is 0.227 e. The van der Waals surface area contributed by atoms with E-state index in [0.29, 0.717) is 5.92 Å². The topological polar surface area (TPSA) is 29.1 Å². The minimum Gasteiger partial charge on any atom is -0.326 e. The largest absolute Gasteiger partial charge is 0.326 e. The molecule has 98 valence electrons. The lowest BCUT2D eigenvalue weighted by atomic mass is 9.88. The molecule has 1 aromatic rings. The maximum absolute atomic E-state index is 12.1. The van der Waals surface area contributed by atoms with Crippen molar-refractivity contribution < 1.29 is 4.79 Å². The Balaban J connectivity index is 1.99. The van der Waals surface area contributed by atoms with Crippen LogP contribution < -0.4 is 5.32 Å². The van der Waals surface area contributed by atoms with E-state index in [1.165, 1.54) is 24.8 Å². The fraction of sp³-hybridized carbons (Fsp3) is 0.562. The van der Waals surface area contributed by atoms with Gasteiger partial charge in [-0.05, 0) is 36.5 Å². The molecule has 0 bridgehead atoms. The molecule has 1 aliphatic rings. The highest BCUT2D eigenvalue weighted by Crippen LogP contribution is 2.25. The van der Waals surface area contributed by atoms with E-state index in [2.05, 4.69) is 31.3 Å². The number of carbonyl (C=O) groups is 1. The SMILES string of the molecule is CC(C)c1cccc(NC(=O)C2CCCCC2)c1. The van der Waals surface area contributed by atoms with Crippen molar-refractivity contribution >= 4 is 11.6 Å². The Kier molecular flexibility index (Phi) is 4.40. The van der Waals surface area contributed by atoms with Crippen molar-refractivity contribution in [1.82, 2.24) is 0 Å². The number of hydrogen-bond donors (Lipinski definition) is 1. The van der Waals surface area contributed by atoms with Crippen LogP contribution in [0.5, 0.6) is 0 Å². The zero-order valence-corrected chi connectivity index (χ0v) is 11.4. The summed E-state index contributed by atoms with van der Waals surface area (Å²) in [5.74, 6) is 0.925. The van der Waals surface area contributed by atoms with Gasteiger partial charge in [-0.25, -0.2) is 0 Å². The van der Waals surface area contributed by atoms with Gasteiger partial charge in [0.1, 0.15) is 0 Å². The Morgan fingerprint density at radius 3 is 2.61 bits per heavy atom. The monoisotopic (exact) mass is 245 g/mol. The average molecular weight is 245 g/mol. The molecule has 1 aromatic carbocycles. The van der Waals surface area contributed by atoms with Gasteiger partial charge < -0.3 is 5.32 Å². The van der Waals surface area contributed by atoms with E-state index < -0.39 is 0 Å². The summed E-state index contributed by atoms with van der Waals surface area (Å²) in [7, 11) is 0. The van der Waals surface area contributed by atoms with Gasteiger partial charge in [0.2, 0.25) is 5.91 Å². The minimum absolute atomic E-state index is 0.204. The molecule has 0 heterocycles. The van der Waals surface area contributed by atoms with E-state index in [0.717, 1.165) is 18.5 Å². The maximum atomic E-state index is 12.1. The molecule has 1 aliphatic carbocycles. The summed E-state index contributed by atoms with van der Waals surface area (Å²) in [4.78, 5) is 12.1. The molecule has 2 heteroatoms. The summed E-state index contributed by atoms with van der Waals surface area (Å²) < 4.78 is 0. The van der Waals surface area contributed by atoms with E-state index in [4.69, 9.17) is 0 Å². The van der Waals surface area contributed by atoms with Crippen LogP contribution >= 0.6 is 0 Å². The summed E-state index contributed by atoms with van der Waals surface area (Å²) in [6.45, 7) is 4.34. The third-order valence-electron chi connectivity index (χ3n) is 3.80. The Bertz CT molecular complexity index is 405. The first-order chi connectivity index (χ1) is 8.66. The highest BCUT2D eigenvalue weighted by Gasteiger charge is 2.20. The summed E-state index contributed by atoms with van der Waals surface area (Å²) in [6.07, 6.45) is 5.78. The number of carbonyl (C=O) groups excluding carboxylic acids is 1. The molecular formula is C16H23NO. The van der Waals surface area contributed by atoms with Gasteiger partial charge in [0, 0.05) is 11.6 Å². The zero-order valence-electron chi connectivity index (χ0n) is 11.4. The van der Waals surface area contributed by atoms with Crippen molar-refractivity contribution in [1.29, 1.82) is 0 Å². The minimum atomic E-state index is 0.204. The molecule has 0 spiro atoms. The average Bonchev–Trinajstić information content (AvgIpc) is 2.40. The highest BCUT2D eigenvalue weighted by atomic mass is 16.1. The lowest BCUT2D eigenvalue weighted by Crippen LogP contribution is -2.24. The van der Waals surface area contributed by atoms with Crippen molar-refractivity contribution in [3.05, 3.63) is 29.8 Å². The van der Waals surface area contributed by atoms with E-state index >= 15 is 0 Å². The molecule has 0 aromatic heterocycles. The predicted molar refractivity (Wildman–Crippen MR) is 75.7 cm³/mol. The first-order valence-corrected chi connectivity index (χ1v) is 7.07. The fourth-order valence-corrected chi connectivity index (χ4v) is 2.58.